The van der Waals surface area contributed by atoms with Crippen LogP contribution in [0.15, 0.2) is 75.9 Å². The van der Waals surface area contributed by atoms with E-state index in [0.29, 0.717) is 0 Å². The number of anilines is 1. The molecular weight excluding hydrogens is 316 g/mol. The Hall–Kier alpha value is -2.88. The summed E-state index contributed by atoms with van der Waals surface area (Å²) in [6.45, 7) is 0. The molecule has 0 bridgehead atoms. The summed E-state index contributed by atoms with van der Waals surface area (Å²) in [7, 11) is 4.07. The molecule has 0 N–H and O–H groups in total. The average molecular weight is 332 g/mol. The molecule has 0 aromatic heterocycles. The van der Waals surface area contributed by atoms with Crippen molar-refractivity contribution in [2.24, 2.45) is 15.2 Å². The highest BCUT2D eigenvalue weighted by molar-refractivity contribution is 7.78. The van der Waals surface area contributed by atoms with E-state index in [1.54, 1.807) is 0 Å². The number of isothiocyanates is 1. The molecule has 4 nitrogen and oxygen atoms in total. The molecule has 24 heavy (non-hydrogen) atoms. The second kappa shape index (κ2) is 7.13. The normalized spacial score (nSPS) is 10.8. The summed E-state index contributed by atoms with van der Waals surface area (Å²) in [5.74, 6) is 0. The molecule has 0 spiro atoms. The van der Waals surface area contributed by atoms with E-state index in [9.17, 15) is 0 Å². The summed E-state index contributed by atoms with van der Waals surface area (Å²) in [4.78, 5) is 6.02. The van der Waals surface area contributed by atoms with Crippen molar-refractivity contribution in [1.29, 1.82) is 0 Å². The van der Waals surface area contributed by atoms with Gasteiger partial charge in [0.2, 0.25) is 0 Å². The highest BCUT2D eigenvalue weighted by atomic mass is 32.1. The fourth-order valence-corrected chi connectivity index (χ4v) is 2.61. The summed E-state index contributed by atoms with van der Waals surface area (Å²) in [5, 5.41) is 13.3. The van der Waals surface area contributed by atoms with Crippen LogP contribution in [0, 0.1) is 0 Å². The van der Waals surface area contributed by atoms with Crippen molar-refractivity contribution in [3.8, 4) is 0 Å². The van der Waals surface area contributed by atoms with E-state index in [1.807, 2.05) is 56.6 Å². The van der Waals surface area contributed by atoms with Crippen LogP contribution in [0.25, 0.3) is 10.8 Å². The Morgan fingerprint density at radius 2 is 1.46 bits per heavy atom. The Balaban J connectivity index is 1.98. The van der Waals surface area contributed by atoms with Gasteiger partial charge in [0.25, 0.3) is 0 Å². The number of hydrogen-bond acceptors (Lipinski definition) is 5. The number of benzene rings is 3. The predicted molar refractivity (Wildman–Crippen MR) is 104 cm³/mol. The third kappa shape index (κ3) is 3.38. The average Bonchev–Trinajstić information content (AvgIpc) is 2.61. The van der Waals surface area contributed by atoms with Crippen LogP contribution in [0.1, 0.15) is 0 Å². The molecule has 0 heterocycles. The molecule has 118 valence electrons. The maximum Gasteiger partial charge on any atom is 0.0936 e. The highest BCUT2D eigenvalue weighted by Gasteiger charge is 2.06. The molecule has 0 atom stereocenters. The van der Waals surface area contributed by atoms with Crippen molar-refractivity contribution in [1.82, 2.24) is 0 Å². The smallest absolute Gasteiger partial charge is 0.0936 e. The van der Waals surface area contributed by atoms with E-state index in [-0.39, 0.29) is 0 Å². The number of nitrogens with zero attached hydrogens (tertiary/aromatic N) is 4. The maximum atomic E-state index is 4.59. The minimum atomic E-state index is 0.754. The van der Waals surface area contributed by atoms with Crippen molar-refractivity contribution in [3.05, 3.63) is 60.7 Å². The first kappa shape index (κ1) is 16.0. The number of thiocarbonyl (C=S) groups is 1. The van der Waals surface area contributed by atoms with Crippen molar-refractivity contribution in [2.45, 2.75) is 0 Å². The number of fused-ring (bicyclic) bond motifs is 1. The van der Waals surface area contributed by atoms with Gasteiger partial charge in [-0.2, -0.15) is 10.1 Å². The Morgan fingerprint density at radius 1 is 0.792 bits per heavy atom. The van der Waals surface area contributed by atoms with Gasteiger partial charge >= 0.3 is 0 Å². The fourth-order valence-electron chi connectivity index (χ4n) is 2.50. The number of aliphatic imine (C=N–C) groups is 1. The van der Waals surface area contributed by atoms with Gasteiger partial charge in [-0.3, -0.25) is 0 Å². The minimum Gasteiger partial charge on any atom is -0.377 e. The first-order chi connectivity index (χ1) is 11.7. The first-order valence-electron chi connectivity index (χ1n) is 7.48. The van der Waals surface area contributed by atoms with Gasteiger partial charge in [-0.05, 0) is 48.6 Å². The standard InChI is InChI=1S/C19H16N4S/c1-23(2)19-12-11-18(16-5-3-4-6-17(16)19)22-21-15-9-7-14(8-10-15)20-13-24/h3-12H,1-2H3. The molecule has 3 aromatic rings. The SMILES string of the molecule is CN(C)c1ccc(N=Nc2ccc(N=C=S)cc2)c2ccccc12. The van der Waals surface area contributed by atoms with Crippen LogP contribution in [0.2, 0.25) is 0 Å². The van der Waals surface area contributed by atoms with Crippen LogP contribution < -0.4 is 4.90 Å². The highest BCUT2D eigenvalue weighted by Crippen LogP contribution is 2.34. The van der Waals surface area contributed by atoms with Crippen molar-refractivity contribution >= 4 is 50.9 Å². The fraction of sp³-hybridized carbons (Fsp3) is 0.105. The molecule has 0 saturated carbocycles. The van der Waals surface area contributed by atoms with E-state index in [1.165, 1.54) is 0 Å². The van der Waals surface area contributed by atoms with Gasteiger partial charge in [0.15, 0.2) is 0 Å². The summed E-state index contributed by atoms with van der Waals surface area (Å²) < 4.78 is 0. The summed E-state index contributed by atoms with van der Waals surface area (Å²) in [5.41, 5.74) is 3.52. The zero-order chi connectivity index (χ0) is 16.9. The largest absolute Gasteiger partial charge is 0.377 e. The van der Waals surface area contributed by atoms with Crippen LogP contribution in [0.4, 0.5) is 22.7 Å². The minimum absolute atomic E-state index is 0.754. The van der Waals surface area contributed by atoms with Crippen LogP contribution in [-0.2, 0) is 0 Å². The van der Waals surface area contributed by atoms with Gasteiger partial charge < -0.3 is 4.90 Å². The van der Waals surface area contributed by atoms with Gasteiger partial charge in [-0.15, -0.1) is 5.11 Å². The Labute approximate surface area is 146 Å². The Bertz CT molecular complexity index is 939. The van der Waals surface area contributed by atoms with Crippen LogP contribution in [0.5, 0.6) is 0 Å². The lowest BCUT2D eigenvalue weighted by molar-refractivity contribution is 1.14. The van der Waals surface area contributed by atoms with Gasteiger partial charge in [0.05, 0.1) is 22.2 Å². The Kier molecular flexibility index (Phi) is 4.75. The van der Waals surface area contributed by atoms with Gasteiger partial charge in [-0.25, -0.2) is 0 Å². The summed E-state index contributed by atoms with van der Waals surface area (Å²) >= 11 is 4.59. The first-order valence-corrected chi connectivity index (χ1v) is 7.88. The molecule has 3 aromatic carbocycles. The molecule has 0 radical (unpaired) electrons. The van der Waals surface area contributed by atoms with Crippen molar-refractivity contribution in [3.63, 3.8) is 0 Å². The number of rotatable bonds is 4. The molecule has 0 aliphatic rings. The van der Waals surface area contributed by atoms with E-state index in [4.69, 9.17) is 0 Å². The molecular formula is C19H16N4S. The molecule has 5 heteroatoms. The van der Waals surface area contributed by atoms with Gasteiger partial charge in [0, 0.05) is 30.6 Å². The van der Waals surface area contributed by atoms with E-state index >= 15 is 0 Å². The zero-order valence-corrected chi connectivity index (χ0v) is 14.3. The quantitative estimate of drug-likeness (QED) is 0.331. The maximum absolute atomic E-state index is 4.59. The van der Waals surface area contributed by atoms with Crippen LogP contribution in [0.3, 0.4) is 0 Å². The molecule has 0 saturated heterocycles. The lowest BCUT2D eigenvalue weighted by Crippen LogP contribution is -2.08. The third-order valence-electron chi connectivity index (χ3n) is 3.66. The molecule has 0 aliphatic heterocycles. The molecule has 0 amide bonds. The van der Waals surface area contributed by atoms with E-state index in [0.717, 1.165) is 33.5 Å². The topological polar surface area (TPSA) is 40.3 Å². The second-order valence-corrected chi connectivity index (χ2v) is 5.65. The zero-order valence-electron chi connectivity index (χ0n) is 13.5. The molecule has 3 rings (SSSR count). The van der Waals surface area contributed by atoms with Gasteiger partial charge in [-0.1, -0.05) is 24.3 Å². The predicted octanol–water partition coefficient (Wildman–Crippen LogP) is 6.06. The number of hydrogen-bond donors (Lipinski definition) is 0. The number of azo groups is 1. The summed E-state index contributed by atoms with van der Waals surface area (Å²) in [6.07, 6.45) is 0. The summed E-state index contributed by atoms with van der Waals surface area (Å²) in [6, 6.07) is 19.6. The lowest BCUT2D eigenvalue weighted by atomic mass is 10.1. The van der Waals surface area contributed by atoms with Gasteiger partial charge in [0.1, 0.15) is 0 Å². The lowest BCUT2D eigenvalue weighted by Gasteiger charge is -2.16. The monoisotopic (exact) mass is 332 g/mol. The second-order valence-electron chi connectivity index (χ2n) is 5.46. The molecule has 0 fully saturated rings. The van der Waals surface area contributed by atoms with E-state index < -0.39 is 0 Å². The molecule has 0 unspecified atom stereocenters. The van der Waals surface area contributed by atoms with Crippen LogP contribution in [-0.4, -0.2) is 19.3 Å². The van der Waals surface area contributed by atoms with E-state index in [2.05, 4.69) is 55.7 Å². The Morgan fingerprint density at radius 3 is 2.12 bits per heavy atom. The van der Waals surface area contributed by atoms with Crippen LogP contribution >= 0.6 is 12.2 Å². The van der Waals surface area contributed by atoms with Crippen molar-refractivity contribution < 1.29 is 0 Å². The van der Waals surface area contributed by atoms with Crippen molar-refractivity contribution in [2.75, 3.05) is 19.0 Å². The third-order valence-corrected chi connectivity index (χ3v) is 3.75. The molecule has 0 aliphatic carbocycles.